The van der Waals surface area contributed by atoms with Gasteiger partial charge in [0.2, 0.25) is 5.78 Å². The number of hydrogen-bond acceptors (Lipinski definition) is 4. The summed E-state index contributed by atoms with van der Waals surface area (Å²) in [5.41, 5.74) is 0.904. The van der Waals surface area contributed by atoms with Crippen LogP contribution < -0.4 is 0 Å². The molecule has 2 aliphatic rings. The highest BCUT2D eigenvalue weighted by atomic mass is 19.1. The first-order valence-corrected chi connectivity index (χ1v) is 8.02. The third-order valence-corrected chi connectivity index (χ3v) is 4.23. The molecule has 0 aliphatic carbocycles. The standard InChI is InChI=1S/C20H14F2O4/c21-13-5-1-3-11(7-13)8-16-18(24)17(12-4-2-6-14(22)9-12)20-19(26-16)15(23)10-25-20/h1-9,15,19,23H,10H2/b16-8-/t15-,19-/m1/s1. The smallest absolute Gasteiger partial charge is 0.231 e. The largest absolute Gasteiger partial charge is 0.490 e. The quantitative estimate of drug-likeness (QED) is 0.841. The summed E-state index contributed by atoms with van der Waals surface area (Å²) >= 11 is 0. The van der Waals surface area contributed by atoms with E-state index in [4.69, 9.17) is 9.47 Å². The molecule has 1 saturated heterocycles. The summed E-state index contributed by atoms with van der Waals surface area (Å²) < 4.78 is 38.1. The van der Waals surface area contributed by atoms with Gasteiger partial charge in [0.05, 0.1) is 5.57 Å². The Morgan fingerprint density at radius 3 is 2.54 bits per heavy atom. The predicted octanol–water partition coefficient (Wildman–Crippen LogP) is 3.08. The highest BCUT2D eigenvalue weighted by Gasteiger charge is 2.44. The first-order chi connectivity index (χ1) is 12.5. The van der Waals surface area contributed by atoms with E-state index in [9.17, 15) is 18.7 Å². The van der Waals surface area contributed by atoms with Crippen LogP contribution in [-0.2, 0) is 14.3 Å². The van der Waals surface area contributed by atoms with Gasteiger partial charge in [0, 0.05) is 0 Å². The Kier molecular flexibility index (Phi) is 4.05. The normalized spacial score (nSPS) is 23.7. The number of ether oxygens (including phenoxy) is 2. The molecule has 26 heavy (non-hydrogen) atoms. The molecule has 2 atom stereocenters. The van der Waals surface area contributed by atoms with Crippen molar-refractivity contribution in [3.8, 4) is 0 Å². The molecule has 132 valence electrons. The minimum atomic E-state index is -0.961. The molecule has 0 amide bonds. The number of benzene rings is 2. The fourth-order valence-corrected chi connectivity index (χ4v) is 3.06. The van der Waals surface area contributed by atoms with Crippen LogP contribution in [0.15, 0.2) is 60.0 Å². The molecule has 0 spiro atoms. The van der Waals surface area contributed by atoms with Gasteiger partial charge in [-0.15, -0.1) is 0 Å². The second-order valence-electron chi connectivity index (χ2n) is 6.06. The molecule has 4 nitrogen and oxygen atoms in total. The number of aliphatic hydroxyl groups excluding tert-OH is 1. The number of allylic oxidation sites excluding steroid dienone is 1. The maximum atomic E-state index is 13.6. The molecule has 0 radical (unpaired) electrons. The van der Waals surface area contributed by atoms with Gasteiger partial charge in [0.1, 0.15) is 24.3 Å². The van der Waals surface area contributed by atoms with Gasteiger partial charge in [0.25, 0.3) is 0 Å². The lowest BCUT2D eigenvalue weighted by atomic mass is 9.93. The fraction of sp³-hybridized carbons (Fsp3) is 0.150. The van der Waals surface area contributed by atoms with E-state index in [0.29, 0.717) is 11.1 Å². The molecular weight excluding hydrogens is 342 g/mol. The number of fused-ring (bicyclic) bond motifs is 1. The Morgan fingerprint density at radius 2 is 1.81 bits per heavy atom. The molecule has 0 bridgehead atoms. The lowest BCUT2D eigenvalue weighted by Gasteiger charge is -2.25. The minimum absolute atomic E-state index is 0.0284. The zero-order valence-corrected chi connectivity index (χ0v) is 13.5. The SMILES string of the molecule is O=C1C(c2cccc(F)c2)=C2OC[C@@H](O)[C@H]2O/C1=C\c1cccc(F)c1. The van der Waals surface area contributed by atoms with Crippen LogP contribution in [0.3, 0.4) is 0 Å². The summed E-state index contributed by atoms with van der Waals surface area (Å²) in [5.74, 6) is -1.34. The van der Waals surface area contributed by atoms with Crippen LogP contribution in [0.4, 0.5) is 8.78 Å². The van der Waals surface area contributed by atoms with Crippen LogP contribution in [0.25, 0.3) is 11.6 Å². The molecule has 0 saturated carbocycles. The van der Waals surface area contributed by atoms with Crippen LogP contribution in [0.5, 0.6) is 0 Å². The molecule has 2 aromatic rings. The van der Waals surface area contributed by atoms with Crippen LogP contribution in [-0.4, -0.2) is 29.7 Å². The predicted molar refractivity (Wildman–Crippen MR) is 89.5 cm³/mol. The second-order valence-corrected chi connectivity index (χ2v) is 6.06. The first kappa shape index (κ1) is 16.5. The van der Waals surface area contributed by atoms with Crippen molar-refractivity contribution in [2.24, 2.45) is 0 Å². The molecule has 1 fully saturated rings. The average Bonchev–Trinajstić information content (AvgIpc) is 2.96. The van der Waals surface area contributed by atoms with Crippen molar-refractivity contribution in [2.75, 3.05) is 6.61 Å². The van der Waals surface area contributed by atoms with E-state index in [1.54, 1.807) is 12.1 Å². The molecule has 1 N–H and O–H groups in total. The van der Waals surface area contributed by atoms with Gasteiger partial charge in [-0.3, -0.25) is 4.79 Å². The molecule has 2 aliphatic heterocycles. The number of carbonyl (C=O) groups excluding carboxylic acids is 1. The number of aliphatic hydroxyl groups is 1. The van der Waals surface area contributed by atoms with Crippen molar-refractivity contribution in [3.63, 3.8) is 0 Å². The molecular formula is C20H14F2O4. The Hall–Kier alpha value is -2.99. The van der Waals surface area contributed by atoms with Gasteiger partial charge < -0.3 is 14.6 Å². The van der Waals surface area contributed by atoms with E-state index in [-0.39, 0.29) is 23.7 Å². The minimum Gasteiger partial charge on any atom is -0.490 e. The van der Waals surface area contributed by atoms with E-state index in [2.05, 4.69) is 0 Å². The zero-order valence-electron chi connectivity index (χ0n) is 13.5. The van der Waals surface area contributed by atoms with Crippen LogP contribution in [0, 0.1) is 11.6 Å². The van der Waals surface area contributed by atoms with Crippen molar-refractivity contribution in [1.29, 1.82) is 0 Å². The maximum absolute atomic E-state index is 13.6. The molecule has 0 unspecified atom stereocenters. The van der Waals surface area contributed by atoms with Gasteiger partial charge in [-0.25, -0.2) is 8.78 Å². The van der Waals surface area contributed by atoms with Crippen LogP contribution >= 0.6 is 0 Å². The van der Waals surface area contributed by atoms with Crippen molar-refractivity contribution >= 4 is 17.4 Å². The number of ketones is 1. The van der Waals surface area contributed by atoms with E-state index in [0.717, 1.165) is 0 Å². The molecule has 6 heteroatoms. The lowest BCUT2D eigenvalue weighted by Crippen LogP contribution is -2.32. The highest BCUT2D eigenvalue weighted by Crippen LogP contribution is 2.38. The molecule has 0 aromatic heterocycles. The van der Waals surface area contributed by atoms with E-state index in [1.165, 1.54) is 42.5 Å². The number of hydrogen-bond donors (Lipinski definition) is 1. The number of carbonyl (C=O) groups is 1. The first-order valence-electron chi connectivity index (χ1n) is 8.02. The topological polar surface area (TPSA) is 55.8 Å². The maximum Gasteiger partial charge on any atom is 0.231 e. The Balaban J connectivity index is 1.83. The van der Waals surface area contributed by atoms with Crippen molar-refractivity contribution in [3.05, 3.63) is 82.8 Å². The Morgan fingerprint density at radius 1 is 1.08 bits per heavy atom. The fourth-order valence-electron chi connectivity index (χ4n) is 3.06. The van der Waals surface area contributed by atoms with E-state index < -0.39 is 29.6 Å². The summed E-state index contributed by atoms with van der Waals surface area (Å²) in [7, 11) is 0. The summed E-state index contributed by atoms with van der Waals surface area (Å²) in [6.07, 6.45) is -0.435. The number of rotatable bonds is 2. The monoisotopic (exact) mass is 356 g/mol. The third kappa shape index (κ3) is 2.88. The van der Waals surface area contributed by atoms with Crippen LogP contribution in [0.2, 0.25) is 0 Å². The van der Waals surface area contributed by atoms with Crippen molar-refractivity contribution in [2.45, 2.75) is 12.2 Å². The second kappa shape index (κ2) is 6.38. The van der Waals surface area contributed by atoms with Gasteiger partial charge >= 0.3 is 0 Å². The number of halogens is 2. The zero-order chi connectivity index (χ0) is 18.3. The third-order valence-electron chi connectivity index (χ3n) is 4.23. The molecule has 2 heterocycles. The van der Waals surface area contributed by atoms with Crippen LogP contribution in [0.1, 0.15) is 11.1 Å². The Labute approximate surface area is 148 Å². The van der Waals surface area contributed by atoms with Gasteiger partial charge in [-0.1, -0.05) is 24.3 Å². The summed E-state index contributed by atoms with van der Waals surface area (Å²) in [6, 6.07) is 11.2. The van der Waals surface area contributed by atoms with E-state index >= 15 is 0 Å². The van der Waals surface area contributed by atoms with E-state index in [1.807, 2.05) is 0 Å². The van der Waals surface area contributed by atoms with Crippen molar-refractivity contribution < 1.29 is 28.2 Å². The average molecular weight is 356 g/mol. The molecule has 2 aromatic carbocycles. The molecule has 4 rings (SSSR count). The summed E-state index contributed by atoms with van der Waals surface area (Å²) in [4.78, 5) is 12.9. The van der Waals surface area contributed by atoms with Gasteiger partial charge in [-0.05, 0) is 41.5 Å². The number of Topliss-reactive ketones (excluding diaryl/α,β-unsaturated/α-hetero) is 1. The van der Waals surface area contributed by atoms with Crippen molar-refractivity contribution in [1.82, 2.24) is 0 Å². The lowest BCUT2D eigenvalue weighted by molar-refractivity contribution is -0.116. The van der Waals surface area contributed by atoms with Gasteiger partial charge in [0.15, 0.2) is 17.6 Å². The summed E-state index contributed by atoms with van der Waals surface area (Å²) in [5, 5.41) is 10.1. The van der Waals surface area contributed by atoms with Gasteiger partial charge in [-0.2, -0.15) is 0 Å². The summed E-state index contributed by atoms with van der Waals surface area (Å²) in [6.45, 7) is -0.0284. The Bertz CT molecular complexity index is 948. The highest BCUT2D eigenvalue weighted by molar-refractivity contribution is 6.30.